The van der Waals surface area contributed by atoms with E-state index in [1.165, 1.54) is 84.2 Å². The van der Waals surface area contributed by atoms with Gasteiger partial charge in [0.1, 0.15) is 0 Å². The van der Waals surface area contributed by atoms with E-state index in [1.54, 1.807) is 0 Å². The molecule has 3 heterocycles. The van der Waals surface area contributed by atoms with Crippen molar-refractivity contribution in [3.63, 3.8) is 0 Å². The smallest absolute Gasteiger partial charge is 0.0223 e. The molecule has 3 aliphatic rings. The van der Waals surface area contributed by atoms with Gasteiger partial charge >= 0.3 is 0 Å². The van der Waals surface area contributed by atoms with Crippen molar-refractivity contribution in [1.29, 1.82) is 0 Å². The lowest BCUT2D eigenvalue weighted by Gasteiger charge is -2.44. The summed E-state index contributed by atoms with van der Waals surface area (Å²) in [6.45, 7) is 7.91. The maximum atomic E-state index is 3.68. The van der Waals surface area contributed by atoms with E-state index in [0.717, 1.165) is 12.1 Å². The summed E-state index contributed by atoms with van der Waals surface area (Å²) >= 11 is 0. The van der Waals surface area contributed by atoms with Gasteiger partial charge in [0.05, 0.1) is 0 Å². The molecule has 3 heteroatoms. The van der Waals surface area contributed by atoms with Crippen molar-refractivity contribution < 1.29 is 0 Å². The van der Waals surface area contributed by atoms with Gasteiger partial charge in [0.15, 0.2) is 0 Å². The first-order valence-electron chi connectivity index (χ1n) is 8.11. The van der Waals surface area contributed by atoms with Crippen LogP contribution in [0.1, 0.15) is 44.9 Å². The molecule has 3 fully saturated rings. The van der Waals surface area contributed by atoms with E-state index in [2.05, 4.69) is 15.1 Å². The van der Waals surface area contributed by atoms with Crippen molar-refractivity contribution in [2.24, 2.45) is 0 Å². The summed E-state index contributed by atoms with van der Waals surface area (Å²) in [5.41, 5.74) is 0. The fourth-order valence-corrected chi connectivity index (χ4v) is 3.93. The first-order valence-corrected chi connectivity index (χ1v) is 8.11. The standard InChI is InChI=1S/C15H29N3/c1-3-8-16-14(5-1)7-10-17-11-12-18-9-4-2-6-15(18)13-17/h14-16H,1-13H2. The molecule has 3 rings (SSSR count). The molecule has 3 nitrogen and oxygen atoms in total. The second-order valence-corrected chi connectivity index (χ2v) is 6.42. The number of hydrogen-bond acceptors (Lipinski definition) is 3. The number of piperidine rings is 2. The predicted molar refractivity (Wildman–Crippen MR) is 75.9 cm³/mol. The van der Waals surface area contributed by atoms with E-state index in [9.17, 15) is 0 Å². The predicted octanol–water partition coefficient (Wildman–Crippen LogP) is 1.69. The third-order valence-electron chi connectivity index (χ3n) is 5.13. The van der Waals surface area contributed by atoms with Gasteiger partial charge in [-0.25, -0.2) is 0 Å². The molecule has 2 atom stereocenters. The van der Waals surface area contributed by atoms with Crippen LogP contribution < -0.4 is 5.32 Å². The van der Waals surface area contributed by atoms with Crippen molar-refractivity contribution >= 4 is 0 Å². The average molecular weight is 251 g/mol. The summed E-state index contributed by atoms with van der Waals surface area (Å²) < 4.78 is 0. The highest BCUT2D eigenvalue weighted by atomic mass is 15.3. The number of hydrogen-bond donors (Lipinski definition) is 1. The van der Waals surface area contributed by atoms with Crippen LogP contribution in [0.3, 0.4) is 0 Å². The van der Waals surface area contributed by atoms with Crippen LogP contribution in [0.2, 0.25) is 0 Å². The van der Waals surface area contributed by atoms with E-state index in [0.29, 0.717) is 0 Å². The van der Waals surface area contributed by atoms with Crippen LogP contribution in [0, 0.1) is 0 Å². The van der Waals surface area contributed by atoms with Gasteiger partial charge < -0.3 is 10.2 Å². The Kier molecular flexibility index (Phi) is 4.55. The average Bonchev–Trinajstić information content (AvgIpc) is 2.46. The number of fused-ring (bicyclic) bond motifs is 1. The molecule has 3 aliphatic heterocycles. The Morgan fingerprint density at radius 3 is 2.78 bits per heavy atom. The van der Waals surface area contributed by atoms with Crippen LogP contribution >= 0.6 is 0 Å². The fraction of sp³-hybridized carbons (Fsp3) is 1.00. The van der Waals surface area contributed by atoms with Crippen molar-refractivity contribution in [3.05, 3.63) is 0 Å². The maximum Gasteiger partial charge on any atom is 0.0223 e. The summed E-state index contributed by atoms with van der Waals surface area (Å²) in [4.78, 5) is 5.46. The van der Waals surface area contributed by atoms with Gasteiger partial charge in [0.25, 0.3) is 0 Å². The molecule has 0 aromatic rings. The summed E-state index contributed by atoms with van der Waals surface area (Å²) in [6.07, 6.45) is 9.93. The first-order chi connectivity index (χ1) is 8.92. The molecule has 3 saturated heterocycles. The molecule has 18 heavy (non-hydrogen) atoms. The van der Waals surface area contributed by atoms with Crippen molar-refractivity contribution in [1.82, 2.24) is 15.1 Å². The Balaban J connectivity index is 1.40. The third-order valence-corrected chi connectivity index (χ3v) is 5.13. The van der Waals surface area contributed by atoms with E-state index < -0.39 is 0 Å². The monoisotopic (exact) mass is 251 g/mol. The zero-order valence-corrected chi connectivity index (χ0v) is 11.7. The fourth-order valence-electron chi connectivity index (χ4n) is 3.93. The summed E-state index contributed by atoms with van der Waals surface area (Å²) in [5.74, 6) is 0. The van der Waals surface area contributed by atoms with Crippen LogP contribution in [0.25, 0.3) is 0 Å². The minimum Gasteiger partial charge on any atom is -0.314 e. The van der Waals surface area contributed by atoms with E-state index in [4.69, 9.17) is 0 Å². The van der Waals surface area contributed by atoms with Crippen LogP contribution in [-0.2, 0) is 0 Å². The Morgan fingerprint density at radius 1 is 0.944 bits per heavy atom. The molecule has 2 unspecified atom stereocenters. The van der Waals surface area contributed by atoms with Crippen molar-refractivity contribution in [3.8, 4) is 0 Å². The molecule has 0 bridgehead atoms. The quantitative estimate of drug-likeness (QED) is 0.823. The molecule has 0 aromatic carbocycles. The molecule has 0 saturated carbocycles. The molecular formula is C15H29N3. The minimum absolute atomic E-state index is 0.808. The Hall–Kier alpha value is -0.120. The lowest BCUT2D eigenvalue weighted by Crippen LogP contribution is -2.55. The lowest BCUT2D eigenvalue weighted by atomic mass is 9.98. The first kappa shape index (κ1) is 12.9. The number of nitrogens with one attached hydrogen (secondary N) is 1. The second-order valence-electron chi connectivity index (χ2n) is 6.42. The van der Waals surface area contributed by atoms with E-state index >= 15 is 0 Å². The van der Waals surface area contributed by atoms with Crippen LogP contribution in [0.15, 0.2) is 0 Å². The topological polar surface area (TPSA) is 18.5 Å². The molecular weight excluding hydrogens is 222 g/mol. The molecule has 0 aromatic heterocycles. The molecule has 1 N–H and O–H groups in total. The summed E-state index contributed by atoms with van der Waals surface area (Å²) in [6, 6.07) is 1.69. The molecule has 0 radical (unpaired) electrons. The second kappa shape index (κ2) is 6.36. The molecule has 0 aliphatic carbocycles. The zero-order chi connectivity index (χ0) is 12.2. The van der Waals surface area contributed by atoms with Gasteiger partial charge in [0.2, 0.25) is 0 Å². The number of nitrogens with zero attached hydrogens (tertiary/aromatic N) is 2. The largest absolute Gasteiger partial charge is 0.314 e. The van der Waals surface area contributed by atoms with Crippen LogP contribution in [-0.4, -0.2) is 61.2 Å². The highest BCUT2D eigenvalue weighted by Crippen LogP contribution is 2.21. The van der Waals surface area contributed by atoms with Gasteiger partial charge in [-0.1, -0.05) is 12.8 Å². The van der Waals surface area contributed by atoms with Gasteiger partial charge in [-0.2, -0.15) is 0 Å². The van der Waals surface area contributed by atoms with Crippen molar-refractivity contribution in [2.45, 2.75) is 57.0 Å². The molecule has 104 valence electrons. The van der Waals surface area contributed by atoms with Crippen LogP contribution in [0.4, 0.5) is 0 Å². The summed E-state index contributed by atoms with van der Waals surface area (Å²) in [5, 5.41) is 3.68. The molecule has 0 spiro atoms. The Bertz CT molecular complexity index is 250. The molecule has 0 amide bonds. The Morgan fingerprint density at radius 2 is 1.89 bits per heavy atom. The van der Waals surface area contributed by atoms with Gasteiger partial charge in [-0.15, -0.1) is 0 Å². The third kappa shape index (κ3) is 3.25. The number of rotatable bonds is 3. The Labute approximate surface area is 112 Å². The van der Waals surface area contributed by atoms with Gasteiger partial charge in [0, 0.05) is 31.7 Å². The normalized spacial score (nSPS) is 35.3. The highest BCUT2D eigenvalue weighted by Gasteiger charge is 2.28. The van der Waals surface area contributed by atoms with Gasteiger partial charge in [-0.05, 0) is 51.7 Å². The SMILES string of the molecule is C1CCC(CCN2CCN3CCCCC3C2)NC1. The van der Waals surface area contributed by atoms with Gasteiger partial charge in [-0.3, -0.25) is 4.90 Å². The maximum absolute atomic E-state index is 3.68. The van der Waals surface area contributed by atoms with Crippen molar-refractivity contribution in [2.75, 3.05) is 39.3 Å². The van der Waals surface area contributed by atoms with E-state index in [1.807, 2.05) is 0 Å². The highest BCUT2D eigenvalue weighted by molar-refractivity contribution is 4.85. The summed E-state index contributed by atoms with van der Waals surface area (Å²) in [7, 11) is 0. The number of piperazine rings is 1. The zero-order valence-electron chi connectivity index (χ0n) is 11.7. The van der Waals surface area contributed by atoms with E-state index in [-0.39, 0.29) is 0 Å². The lowest BCUT2D eigenvalue weighted by molar-refractivity contribution is 0.0471. The minimum atomic E-state index is 0.808. The van der Waals surface area contributed by atoms with Crippen LogP contribution in [0.5, 0.6) is 0 Å².